The third-order valence-corrected chi connectivity index (χ3v) is 2.90. The van der Waals surface area contributed by atoms with Crippen molar-refractivity contribution in [1.82, 2.24) is 25.1 Å². The molecule has 170 valence electrons. The second-order valence-corrected chi connectivity index (χ2v) is 5.34. The molecule has 3 rings (SSSR count). The van der Waals surface area contributed by atoms with Crippen LogP contribution in [0.3, 0.4) is 0 Å². The van der Waals surface area contributed by atoms with E-state index < -0.39 is 24.3 Å². The van der Waals surface area contributed by atoms with E-state index in [1.807, 2.05) is 46.6 Å². The minimum Gasteiger partial charge on any atom is -0.542 e. The molecule has 11 nitrogen and oxygen atoms in total. The number of aliphatic carboxylic acids is 2. The van der Waals surface area contributed by atoms with Crippen molar-refractivity contribution in [3.63, 3.8) is 0 Å². The van der Waals surface area contributed by atoms with Crippen molar-refractivity contribution >= 4 is 11.9 Å². The largest absolute Gasteiger partial charge is 0.542 e. The Morgan fingerprint density at radius 1 is 0.871 bits per heavy atom. The molecule has 0 spiro atoms. The highest BCUT2D eigenvalue weighted by atomic mass is 19.4. The molecule has 0 amide bonds. The molecule has 0 fully saturated rings. The van der Waals surface area contributed by atoms with Crippen LogP contribution in [0.1, 0.15) is 11.6 Å². The monoisotopic (exact) mass is 457 g/mol. The Morgan fingerprint density at radius 3 is 1.65 bits per heavy atom. The van der Waals surface area contributed by atoms with Gasteiger partial charge in [-0.2, -0.15) is 31.4 Å². The van der Waals surface area contributed by atoms with Gasteiger partial charge in [-0.05, 0) is 0 Å². The summed E-state index contributed by atoms with van der Waals surface area (Å²) >= 11 is 0. The third kappa shape index (κ3) is 9.90. The molecule has 0 aromatic carbocycles. The lowest BCUT2D eigenvalue weighted by molar-refractivity contribution is -0.689. The first-order valence-corrected chi connectivity index (χ1v) is 7.79. The maximum absolute atomic E-state index is 10.5. The van der Waals surface area contributed by atoms with Crippen molar-refractivity contribution in [2.75, 3.05) is 0 Å². The van der Waals surface area contributed by atoms with Crippen LogP contribution in [-0.4, -0.2) is 49.4 Å². The summed E-state index contributed by atoms with van der Waals surface area (Å²) in [5, 5.41) is 24.7. The number of carboxylic acids is 2. The standard InChI is InChI=1S/C10H11N7.2C2HF3O2/c1-3-16(7-11-1)5-9-13-10(15-14-9)6-17-4-2-12-8-17;2*3-2(4,5)1(6)7/h1-4,7-8H,5-6H2,(H,13,14,15);2*(H,6,7). The number of nitrogens with one attached hydrogen (secondary N) is 3. The number of imidazole rings is 2. The molecular formula is C14H13F6N7O4. The number of rotatable bonds is 4. The van der Waals surface area contributed by atoms with Crippen LogP contribution < -0.4 is 19.3 Å². The van der Waals surface area contributed by atoms with Crippen LogP contribution in [-0.2, 0) is 22.7 Å². The van der Waals surface area contributed by atoms with E-state index in [-0.39, 0.29) is 0 Å². The lowest BCUT2D eigenvalue weighted by atomic mass is 10.5. The molecule has 31 heavy (non-hydrogen) atoms. The maximum atomic E-state index is 10.5. The fourth-order valence-corrected chi connectivity index (χ4v) is 1.65. The lowest BCUT2D eigenvalue weighted by Gasteiger charge is -2.03. The van der Waals surface area contributed by atoms with Crippen molar-refractivity contribution in [2.45, 2.75) is 25.4 Å². The van der Waals surface area contributed by atoms with Crippen molar-refractivity contribution in [1.29, 1.82) is 0 Å². The number of nitrogens with zero attached hydrogens (tertiary/aromatic N) is 4. The Hall–Kier alpha value is -3.92. The van der Waals surface area contributed by atoms with E-state index in [4.69, 9.17) is 19.8 Å². The minimum atomic E-state index is -5.19. The van der Waals surface area contributed by atoms with Crippen LogP contribution in [0.15, 0.2) is 37.4 Å². The number of carboxylic acid groups (broad SMARTS) is 2. The highest BCUT2D eigenvalue weighted by Crippen LogP contribution is 2.12. The first-order valence-electron chi connectivity index (χ1n) is 7.79. The average molecular weight is 457 g/mol. The highest BCUT2D eigenvalue weighted by Gasteiger charge is 2.29. The van der Waals surface area contributed by atoms with E-state index in [2.05, 4.69) is 25.1 Å². The summed E-state index contributed by atoms with van der Waals surface area (Å²) in [6, 6.07) is 0. The SMILES string of the molecule is O=C([O-])C(F)(F)F.O=C([O-])C(F)(F)F.c1c[n+](Cc2n[nH]c(C[n+]3cc[nH]c3)n2)c[nH]1. The molecule has 3 aromatic rings. The number of carbonyl (C=O) groups is 2. The molecule has 0 aliphatic rings. The Balaban J connectivity index is 0.000000288. The second kappa shape index (κ2) is 10.7. The molecule has 0 aliphatic carbocycles. The molecule has 0 aliphatic heterocycles. The van der Waals surface area contributed by atoms with Crippen LogP contribution in [0, 0.1) is 0 Å². The van der Waals surface area contributed by atoms with E-state index in [1.54, 1.807) is 0 Å². The van der Waals surface area contributed by atoms with E-state index in [1.165, 1.54) is 0 Å². The van der Waals surface area contributed by atoms with E-state index >= 15 is 0 Å². The Labute approximate surface area is 168 Å². The van der Waals surface area contributed by atoms with E-state index in [9.17, 15) is 26.3 Å². The maximum Gasteiger partial charge on any atom is 0.430 e. The Kier molecular flexibility index (Phi) is 8.70. The van der Waals surface area contributed by atoms with Gasteiger partial charge in [-0.3, -0.25) is 15.1 Å². The minimum absolute atomic E-state index is 0.664. The van der Waals surface area contributed by atoms with Gasteiger partial charge in [-0.1, -0.05) is 0 Å². The summed E-state index contributed by atoms with van der Waals surface area (Å²) < 4.78 is 67.1. The van der Waals surface area contributed by atoms with Crippen molar-refractivity contribution in [2.24, 2.45) is 0 Å². The number of aromatic nitrogens is 7. The molecule has 0 bridgehead atoms. The molecule has 3 heterocycles. The molecular weight excluding hydrogens is 444 g/mol. The van der Waals surface area contributed by atoms with E-state index in [0.29, 0.717) is 13.1 Å². The second-order valence-electron chi connectivity index (χ2n) is 5.34. The van der Waals surface area contributed by atoms with Gasteiger partial charge in [0.05, 0.1) is 0 Å². The molecule has 0 unspecified atom stereocenters. The smallest absolute Gasteiger partial charge is 0.430 e. The summed E-state index contributed by atoms with van der Waals surface area (Å²) in [6.45, 7) is 1.35. The van der Waals surface area contributed by atoms with Gasteiger partial charge in [0.15, 0.2) is 18.2 Å². The van der Waals surface area contributed by atoms with Crippen LogP contribution >= 0.6 is 0 Å². The lowest BCUT2D eigenvalue weighted by Crippen LogP contribution is -2.37. The number of aromatic amines is 3. The topological polar surface area (TPSA) is 161 Å². The molecule has 17 heteroatoms. The number of hydrogen-bond donors (Lipinski definition) is 3. The van der Waals surface area contributed by atoms with Crippen LogP contribution in [0.2, 0.25) is 0 Å². The van der Waals surface area contributed by atoms with Crippen LogP contribution in [0.5, 0.6) is 0 Å². The fourth-order valence-electron chi connectivity index (χ4n) is 1.65. The molecule has 3 N–H and O–H groups in total. The zero-order valence-corrected chi connectivity index (χ0v) is 15.1. The van der Waals surface area contributed by atoms with Crippen molar-refractivity contribution < 1.29 is 55.3 Å². The number of hydrogen-bond acceptors (Lipinski definition) is 6. The van der Waals surface area contributed by atoms with Gasteiger partial charge >= 0.3 is 12.4 Å². The van der Waals surface area contributed by atoms with Crippen molar-refractivity contribution in [3.8, 4) is 0 Å². The van der Waals surface area contributed by atoms with Gasteiger partial charge in [0.2, 0.25) is 12.7 Å². The zero-order valence-electron chi connectivity index (χ0n) is 15.1. The molecule has 0 atom stereocenters. The molecule has 0 saturated carbocycles. The summed E-state index contributed by atoms with van der Waals surface area (Å²) in [5.74, 6) is -4.39. The molecule has 0 radical (unpaired) electrons. The summed E-state index contributed by atoms with van der Waals surface area (Å²) in [5.41, 5.74) is 0. The molecule has 3 aromatic heterocycles. The third-order valence-electron chi connectivity index (χ3n) is 2.90. The number of alkyl halides is 6. The van der Waals surface area contributed by atoms with Crippen LogP contribution in [0.4, 0.5) is 26.3 Å². The average Bonchev–Trinajstić information content (AvgIpc) is 3.39. The quantitative estimate of drug-likeness (QED) is 0.296. The van der Waals surface area contributed by atoms with Gasteiger partial charge in [0, 0.05) is 0 Å². The van der Waals surface area contributed by atoms with Gasteiger partial charge in [-0.25, -0.2) is 14.1 Å². The summed E-state index contributed by atoms with van der Waals surface area (Å²) in [4.78, 5) is 28.0. The summed E-state index contributed by atoms with van der Waals surface area (Å²) in [7, 11) is 0. The van der Waals surface area contributed by atoms with Gasteiger partial charge < -0.3 is 19.8 Å². The number of H-pyrrole nitrogens is 3. The first kappa shape index (κ1) is 25.1. The van der Waals surface area contributed by atoms with Crippen LogP contribution in [0.25, 0.3) is 0 Å². The normalized spacial score (nSPS) is 11.0. The fraction of sp³-hybridized carbons (Fsp3) is 0.286. The molecule has 0 saturated heterocycles. The predicted octanol–water partition coefficient (Wildman–Crippen LogP) is -2.27. The van der Waals surface area contributed by atoms with Gasteiger partial charge in [0.1, 0.15) is 43.3 Å². The Bertz CT molecular complexity index is 861. The van der Waals surface area contributed by atoms with Crippen molar-refractivity contribution in [3.05, 3.63) is 49.1 Å². The first-order chi connectivity index (χ1) is 14.3. The summed E-state index contributed by atoms with van der Waals surface area (Å²) in [6.07, 6.45) is 0.982. The van der Waals surface area contributed by atoms with Gasteiger partial charge in [0.25, 0.3) is 0 Å². The Morgan fingerprint density at radius 2 is 1.29 bits per heavy atom. The predicted molar refractivity (Wildman–Crippen MR) is 78.7 cm³/mol. The number of carbonyl (C=O) groups excluding carboxylic acids is 2. The zero-order chi connectivity index (χ0) is 23.7. The van der Waals surface area contributed by atoms with Gasteiger partial charge in [-0.15, -0.1) is 0 Å². The van der Waals surface area contributed by atoms with E-state index in [0.717, 1.165) is 11.6 Å². The number of halogens is 6. The highest BCUT2D eigenvalue weighted by molar-refractivity contribution is 5.71.